The number of hydrogen-bond donors (Lipinski definition) is 1. The molecule has 1 aromatic carbocycles. The lowest BCUT2D eigenvalue weighted by atomic mass is 10.1. The third kappa shape index (κ3) is 4.68. The molecule has 0 fully saturated rings. The summed E-state index contributed by atoms with van der Waals surface area (Å²) >= 11 is 4.93. The second-order valence-corrected chi connectivity index (χ2v) is 5.07. The van der Waals surface area contributed by atoms with Crippen molar-refractivity contribution in [3.05, 3.63) is 56.7 Å². The molecule has 1 heterocycles. The Morgan fingerprint density at radius 1 is 1.43 bits per heavy atom. The summed E-state index contributed by atoms with van der Waals surface area (Å²) in [5.41, 5.74) is 0.756. The van der Waals surface area contributed by atoms with Crippen LogP contribution >= 0.6 is 12.2 Å². The van der Waals surface area contributed by atoms with Crippen LogP contribution in [0.1, 0.15) is 35.7 Å². The highest BCUT2D eigenvalue weighted by molar-refractivity contribution is 7.71. The number of H-pyrrole nitrogens is 1. The molecule has 0 atom stereocenters. The van der Waals surface area contributed by atoms with Crippen molar-refractivity contribution < 1.29 is 9.53 Å². The lowest BCUT2D eigenvalue weighted by molar-refractivity contribution is 0.0500. The summed E-state index contributed by atoms with van der Waals surface area (Å²) in [6, 6.07) is 6.70. The van der Waals surface area contributed by atoms with E-state index in [0.717, 1.165) is 23.7 Å². The normalized spacial score (nSPS) is 10.8. The van der Waals surface area contributed by atoms with Gasteiger partial charge in [-0.25, -0.2) is 4.79 Å². The molecule has 2 rings (SSSR count). The van der Waals surface area contributed by atoms with Crippen molar-refractivity contribution in [2.24, 2.45) is 5.10 Å². The van der Waals surface area contributed by atoms with E-state index in [1.54, 1.807) is 24.3 Å². The van der Waals surface area contributed by atoms with E-state index in [1.165, 1.54) is 6.21 Å². The summed E-state index contributed by atoms with van der Waals surface area (Å²) in [7, 11) is 0. The second-order valence-electron chi connectivity index (χ2n) is 4.68. The standard InChI is InChI=1S/C15H16N4O3S/c1-2-3-8-22-14(21)12-6-4-11(5-7-12)9-17-19-13(20)10-16-18-15(19)23/h4-7,9-10H,2-3,8H2,1H3,(H,18,23)/b17-9+. The maximum absolute atomic E-state index is 11.8. The molecule has 0 aliphatic rings. The zero-order chi connectivity index (χ0) is 16.7. The first kappa shape index (κ1) is 16.8. The number of hydrogen-bond acceptors (Lipinski definition) is 6. The number of aromatic nitrogens is 3. The van der Waals surface area contributed by atoms with E-state index in [2.05, 4.69) is 15.3 Å². The van der Waals surface area contributed by atoms with Crippen LogP contribution in [0.3, 0.4) is 0 Å². The summed E-state index contributed by atoms with van der Waals surface area (Å²) in [6.07, 6.45) is 4.37. The molecule has 0 saturated heterocycles. The van der Waals surface area contributed by atoms with E-state index in [1.807, 2.05) is 6.92 Å². The van der Waals surface area contributed by atoms with E-state index < -0.39 is 5.56 Å². The lowest BCUT2D eigenvalue weighted by Crippen LogP contribution is -2.18. The van der Waals surface area contributed by atoms with Gasteiger partial charge in [-0.1, -0.05) is 25.5 Å². The van der Waals surface area contributed by atoms with Gasteiger partial charge < -0.3 is 4.74 Å². The van der Waals surface area contributed by atoms with Crippen LogP contribution in [0.25, 0.3) is 0 Å². The number of nitrogens with one attached hydrogen (secondary N) is 1. The van der Waals surface area contributed by atoms with Gasteiger partial charge in [0.05, 0.1) is 18.4 Å². The molecule has 23 heavy (non-hydrogen) atoms. The Balaban J connectivity index is 2.08. The molecule has 0 unspecified atom stereocenters. The van der Waals surface area contributed by atoms with Crippen molar-refractivity contribution >= 4 is 24.4 Å². The molecular weight excluding hydrogens is 316 g/mol. The van der Waals surface area contributed by atoms with Gasteiger partial charge in [0.25, 0.3) is 5.56 Å². The topological polar surface area (TPSA) is 89.3 Å². The van der Waals surface area contributed by atoms with E-state index in [0.29, 0.717) is 17.7 Å². The number of rotatable bonds is 6. The number of carbonyl (C=O) groups excluding carboxylic acids is 1. The molecule has 0 aliphatic heterocycles. The number of aromatic amines is 1. The first-order valence-corrected chi connectivity index (χ1v) is 7.51. The molecule has 1 aromatic heterocycles. The number of esters is 1. The fourth-order valence-corrected chi connectivity index (χ4v) is 1.87. The van der Waals surface area contributed by atoms with E-state index in [4.69, 9.17) is 17.0 Å². The minimum atomic E-state index is -0.430. The molecular formula is C15H16N4O3S. The highest BCUT2D eigenvalue weighted by atomic mass is 32.1. The Labute approximate surface area is 137 Å². The van der Waals surface area contributed by atoms with Crippen molar-refractivity contribution in [3.63, 3.8) is 0 Å². The minimum Gasteiger partial charge on any atom is -0.462 e. The smallest absolute Gasteiger partial charge is 0.338 e. The second kappa shape index (κ2) is 8.14. The van der Waals surface area contributed by atoms with Gasteiger partial charge in [0, 0.05) is 0 Å². The number of unbranched alkanes of at least 4 members (excludes halogenated alkanes) is 1. The van der Waals surface area contributed by atoms with Crippen LogP contribution in [0.15, 0.2) is 40.4 Å². The maximum Gasteiger partial charge on any atom is 0.338 e. The Kier molecular flexibility index (Phi) is 5.93. The van der Waals surface area contributed by atoms with Crippen LogP contribution in [0.2, 0.25) is 0 Å². The van der Waals surface area contributed by atoms with Crippen molar-refractivity contribution in [2.75, 3.05) is 6.61 Å². The van der Waals surface area contributed by atoms with E-state index in [9.17, 15) is 9.59 Å². The maximum atomic E-state index is 11.8. The van der Waals surface area contributed by atoms with Gasteiger partial charge >= 0.3 is 5.97 Å². The number of benzene rings is 1. The van der Waals surface area contributed by atoms with Crippen LogP contribution in [-0.2, 0) is 4.74 Å². The average molecular weight is 332 g/mol. The zero-order valence-corrected chi connectivity index (χ0v) is 13.4. The molecule has 8 heteroatoms. The molecule has 0 radical (unpaired) electrons. The van der Waals surface area contributed by atoms with E-state index in [-0.39, 0.29) is 10.7 Å². The molecule has 1 N–H and O–H groups in total. The van der Waals surface area contributed by atoms with E-state index >= 15 is 0 Å². The first-order valence-electron chi connectivity index (χ1n) is 7.10. The van der Waals surface area contributed by atoms with Gasteiger partial charge in [0.1, 0.15) is 6.20 Å². The fourth-order valence-electron chi connectivity index (χ4n) is 1.68. The van der Waals surface area contributed by atoms with Gasteiger partial charge in [0.15, 0.2) is 0 Å². The van der Waals surface area contributed by atoms with Crippen molar-refractivity contribution in [1.29, 1.82) is 0 Å². The summed E-state index contributed by atoms with van der Waals surface area (Å²) in [5, 5.41) is 10.0. The van der Waals surface area contributed by atoms with Crippen LogP contribution in [-0.4, -0.2) is 33.7 Å². The third-order valence-corrected chi connectivity index (χ3v) is 3.20. The van der Waals surface area contributed by atoms with Gasteiger partial charge in [0.2, 0.25) is 4.77 Å². The van der Waals surface area contributed by atoms with Crippen molar-refractivity contribution in [2.45, 2.75) is 19.8 Å². The summed E-state index contributed by atoms with van der Waals surface area (Å²) in [6.45, 7) is 2.45. The SMILES string of the molecule is CCCCOC(=O)c1ccc(/C=N/n2c(=O)cn[nH]c2=S)cc1. The van der Waals surface area contributed by atoms with Crippen LogP contribution < -0.4 is 5.56 Å². The van der Waals surface area contributed by atoms with Gasteiger partial charge in [-0.2, -0.15) is 14.9 Å². The predicted octanol–water partition coefficient (Wildman–Crippen LogP) is 2.14. The molecule has 120 valence electrons. The van der Waals surface area contributed by atoms with Crippen molar-refractivity contribution in [1.82, 2.24) is 14.9 Å². The molecule has 7 nitrogen and oxygen atoms in total. The molecule has 0 bridgehead atoms. The third-order valence-electron chi connectivity index (χ3n) is 2.94. The van der Waals surface area contributed by atoms with Crippen LogP contribution in [0.5, 0.6) is 0 Å². The zero-order valence-electron chi connectivity index (χ0n) is 12.6. The van der Waals surface area contributed by atoms with Crippen LogP contribution in [0.4, 0.5) is 0 Å². The molecule has 2 aromatic rings. The van der Waals surface area contributed by atoms with Gasteiger partial charge in [-0.05, 0) is 36.3 Å². The average Bonchev–Trinajstić information content (AvgIpc) is 2.55. The Hall–Kier alpha value is -2.61. The molecule has 0 amide bonds. The monoisotopic (exact) mass is 332 g/mol. The summed E-state index contributed by atoms with van der Waals surface area (Å²) in [5.74, 6) is -0.352. The highest BCUT2D eigenvalue weighted by Gasteiger charge is 2.06. The summed E-state index contributed by atoms with van der Waals surface area (Å²) in [4.78, 5) is 23.3. The Bertz CT molecular complexity index is 780. The number of ether oxygens (including phenoxy) is 1. The molecule has 0 saturated carbocycles. The molecule has 0 aliphatic carbocycles. The minimum absolute atomic E-state index is 0.102. The lowest BCUT2D eigenvalue weighted by Gasteiger charge is -2.03. The number of carbonyl (C=O) groups is 1. The summed E-state index contributed by atoms with van der Waals surface area (Å²) < 4.78 is 6.25. The van der Waals surface area contributed by atoms with Crippen molar-refractivity contribution in [3.8, 4) is 0 Å². The predicted molar refractivity (Wildman–Crippen MR) is 88.3 cm³/mol. The quantitative estimate of drug-likeness (QED) is 0.379. The highest BCUT2D eigenvalue weighted by Crippen LogP contribution is 2.05. The molecule has 0 spiro atoms. The van der Waals surface area contributed by atoms with Gasteiger partial charge in [-0.3, -0.25) is 9.89 Å². The van der Waals surface area contributed by atoms with Gasteiger partial charge in [-0.15, -0.1) is 0 Å². The van der Waals surface area contributed by atoms with Crippen LogP contribution in [0, 0.1) is 4.77 Å². The fraction of sp³-hybridized carbons (Fsp3) is 0.267. The Morgan fingerprint density at radius 2 is 2.17 bits per heavy atom. The largest absolute Gasteiger partial charge is 0.462 e. The number of nitrogens with zero attached hydrogens (tertiary/aromatic N) is 3. The Morgan fingerprint density at radius 3 is 2.83 bits per heavy atom. The first-order chi connectivity index (χ1) is 11.1.